The molecule has 0 saturated heterocycles. The van der Waals surface area contributed by atoms with E-state index in [0.29, 0.717) is 6.07 Å². The van der Waals surface area contributed by atoms with E-state index in [1.54, 1.807) is 0 Å². The fourth-order valence-electron chi connectivity index (χ4n) is 1.04. The molecule has 0 amide bonds. The first kappa shape index (κ1) is 11.5. The molecule has 0 fully saturated rings. The molecule has 3 nitrogen and oxygen atoms in total. The Morgan fingerprint density at radius 3 is 2.47 bits per heavy atom. The van der Waals surface area contributed by atoms with Gasteiger partial charge in [-0.15, -0.1) is 0 Å². The van der Waals surface area contributed by atoms with Crippen LogP contribution in [0.15, 0.2) is 12.3 Å². The van der Waals surface area contributed by atoms with E-state index < -0.39 is 17.7 Å². The third-order valence-electron chi connectivity index (χ3n) is 1.76. The first-order chi connectivity index (χ1) is 6.86. The molecule has 1 heterocycles. The minimum atomic E-state index is -4.56. The maximum absolute atomic E-state index is 12.3. The Morgan fingerprint density at radius 2 is 2.07 bits per heavy atom. The van der Waals surface area contributed by atoms with Crippen LogP contribution in [0.3, 0.4) is 0 Å². The number of ether oxygens (including phenoxy) is 1. The Kier molecular flexibility index (Phi) is 2.97. The number of Topliss-reactive ketones (excluding diaryl/α,β-unsaturated/α-hetero) is 1. The van der Waals surface area contributed by atoms with Crippen molar-refractivity contribution < 1.29 is 22.7 Å². The van der Waals surface area contributed by atoms with Crippen LogP contribution in [-0.2, 0) is 6.18 Å². The highest BCUT2D eigenvalue weighted by atomic mass is 19.4. The highest BCUT2D eigenvalue weighted by Gasteiger charge is 2.33. The third-order valence-corrected chi connectivity index (χ3v) is 1.76. The van der Waals surface area contributed by atoms with Gasteiger partial charge in [0.15, 0.2) is 5.78 Å². The summed E-state index contributed by atoms with van der Waals surface area (Å²) in [7, 11) is 1.26. The quantitative estimate of drug-likeness (QED) is 0.716. The number of alkyl halides is 3. The molecular formula is C9H8F3NO2. The second-order valence-corrected chi connectivity index (χ2v) is 2.82. The lowest BCUT2D eigenvalue weighted by Crippen LogP contribution is -2.10. The van der Waals surface area contributed by atoms with Crippen molar-refractivity contribution in [3.05, 3.63) is 23.5 Å². The van der Waals surface area contributed by atoms with Gasteiger partial charge in [-0.2, -0.15) is 13.2 Å². The van der Waals surface area contributed by atoms with Crippen LogP contribution in [0.2, 0.25) is 0 Å². The number of ketones is 1. The number of rotatable bonds is 2. The van der Waals surface area contributed by atoms with Gasteiger partial charge in [-0.1, -0.05) is 0 Å². The minimum Gasteiger partial charge on any atom is -0.494 e. The van der Waals surface area contributed by atoms with Crippen molar-refractivity contribution in [3.63, 3.8) is 0 Å². The van der Waals surface area contributed by atoms with Crippen LogP contribution in [0.1, 0.15) is 23.0 Å². The highest BCUT2D eigenvalue weighted by molar-refractivity contribution is 5.96. The van der Waals surface area contributed by atoms with Crippen molar-refractivity contribution in [2.45, 2.75) is 13.1 Å². The standard InChI is InChI=1S/C9H8F3NO2/c1-5(14)6-3-8(9(10,11)12)13-4-7(6)15-2/h3-4H,1-2H3. The van der Waals surface area contributed by atoms with Crippen LogP contribution in [0, 0.1) is 0 Å². The largest absolute Gasteiger partial charge is 0.494 e. The molecule has 0 bridgehead atoms. The van der Waals surface area contributed by atoms with Gasteiger partial charge in [-0.3, -0.25) is 4.79 Å². The van der Waals surface area contributed by atoms with Crippen LogP contribution in [0.25, 0.3) is 0 Å². The Hall–Kier alpha value is -1.59. The average molecular weight is 219 g/mol. The van der Waals surface area contributed by atoms with Gasteiger partial charge in [0.2, 0.25) is 0 Å². The molecule has 1 aromatic heterocycles. The Morgan fingerprint density at radius 1 is 1.47 bits per heavy atom. The summed E-state index contributed by atoms with van der Waals surface area (Å²) >= 11 is 0. The van der Waals surface area contributed by atoms with Crippen molar-refractivity contribution in [2.24, 2.45) is 0 Å². The fraction of sp³-hybridized carbons (Fsp3) is 0.333. The summed E-state index contributed by atoms with van der Waals surface area (Å²) in [4.78, 5) is 14.2. The Labute approximate surface area is 83.9 Å². The lowest BCUT2D eigenvalue weighted by Gasteiger charge is -2.09. The molecular weight excluding hydrogens is 211 g/mol. The van der Waals surface area contributed by atoms with Gasteiger partial charge in [0.05, 0.1) is 18.9 Å². The molecule has 0 saturated carbocycles. The number of hydrogen-bond acceptors (Lipinski definition) is 3. The van der Waals surface area contributed by atoms with Crippen LogP contribution in [0.4, 0.5) is 13.2 Å². The van der Waals surface area contributed by atoms with E-state index in [2.05, 4.69) is 4.98 Å². The number of hydrogen-bond donors (Lipinski definition) is 0. The Bertz CT molecular complexity index is 387. The number of aromatic nitrogens is 1. The summed E-state index contributed by atoms with van der Waals surface area (Å²) in [6.07, 6.45) is -3.67. The van der Waals surface area contributed by atoms with E-state index in [0.717, 1.165) is 13.1 Å². The third kappa shape index (κ3) is 2.45. The molecule has 0 atom stereocenters. The van der Waals surface area contributed by atoms with Gasteiger partial charge in [0.25, 0.3) is 0 Å². The molecule has 0 radical (unpaired) electrons. The first-order valence-corrected chi connectivity index (χ1v) is 3.98. The summed E-state index contributed by atoms with van der Waals surface area (Å²) in [6.45, 7) is 1.16. The van der Waals surface area contributed by atoms with Gasteiger partial charge >= 0.3 is 6.18 Å². The fourth-order valence-corrected chi connectivity index (χ4v) is 1.04. The number of halogens is 3. The summed E-state index contributed by atoms with van der Waals surface area (Å²) in [5, 5.41) is 0. The van der Waals surface area contributed by atoms with Crippen LogP contribution in [-0.4, -0.2) is 17.9 Å². The van der Waals surface area contributed by atoms with Gasteiger partial charge in [0, 0.05) is 0 Å². The zero-order chi connectivity index (χ0) is 11.6. The van der Waals surface area contributed by atoms with Crippen molar-refractivity contribution >= 4 is 5.78 Å². The molecule has 0 unspecified atom stereocenters. The minimum absolute atomic E-state index is 0.0375. The van der Waals surface area contributed by atoms with E-state index >= 15 is 0 Å². The monoisotopic (exact) mass is 219 g/mol. The predicted molar refractivity (Wildman–Crippen MR) is 45.8 cm³/mol. The van der Waals surface area contributed by atoms with E-state index in [1.165, 1.54) is 7.11 Å². The lowest BCUT2D eigenvalue weighted by molar-refractivity contribution is -0.141. The Balaban J connectivity index is 3.28. The maximum atomic E-state index is 12.3. The van der Waals surface area contributed by atoms with Gasteiger partial charge < -0.3 is 4.74 Å². The second kappa shape index (κ2) is 3.88. The summed E-state index contributed by atoms with van der Waals surface area (Å²) in [5.74, 6) is -0.463. The van der Waals surface area contributed by atoms with Crippen LogP contribution < -0.4 is 4.74 Å². The molecule has 0 spiro atoms. The molecule has 6 heteroatoms. The number of carbonyl (C=O) groups is 1. The lowest BCUT2D eigenvalue weighted by atomic mass is 10.1. The average Bonchev–Trinajstić information content (AvgIpc) is 2.15. The second-order valence-electron chi connectivity index (χ2n) is 2.82. The molecule has 0 aromatic carbocycles. The zero-order valence-corrected chi connectivity index (χ0v) is 8.05. The van der Waals surface area contributed by atoms with Gasteiger partial charge in [0.1, 0.15) is 11.4 Å². The zero-order valence-electron chi connectivity index (χ0n) is 8.05. The summed E-state index contributed by atoms with van der Waals surface area (Å²) in [5.41, 5.74) is -1.23. The topological polar surface area (TPSA) is 39.2 Å². The van der Waals surface area contributed by atoms with Crippen LogP contribution in [0.5, 0.6) is 5.75 Å². The number of carbonyl (C=O) groups excluding carboxylic acids is 1. The van der Waals surface area contributed by atoms with Crippen LogP contribution >= 0.6 is 0 Å². The maximum Gasteiger partial charge on any atom is 0.433 e. The number of methoxy groups -OCH3 is 1. The van der Waals surface area contributed by atoms with E-state index in [9.17, 15) is 18.0 Å². The number of pyridine rings is 1. The van der Waals surface area contributed by atoms with Crippen molar-refractivity contribution in [1.82, 2.24) is 4.98 Å². The molecule has 0 aliphatic rings. The highest BCUT2D eigenvalue weighted by Crippen LogP contribution is 2.30. The SMILES string of the molecule is COc1cnc(C(F)(F)F)cc1C(C)=O. The van der Waals surface area contributed by atoms with Crippen molar-refractivity contribution in [3.8, 4) is 5.75 Å². The molecule has 0 aliphatic heterocycles. The molecule has 15 heavy (non-hydrogen) atoms. The van der Waals surface area contributed by atoms with Crippen molar-refractivity contribution in [1.29, 1.82) is 0 Å². The van der Waals surface area contributed by atoms with Gasteiger partial charge in [-0.05, 0) is 13.0 Å². The molecule has 1 rings (SSSR count). The summed E-state index contributed by atoms with van der Waals surface area (Å²) < 4.78 is 41.5. The number of nitrogens with zero attached hydrogens (tertiary/aromatic N) is 1. The summed E-state index contributed by atoms with van der Waals surface area (Å²) in [6, 6.07) is 0.682. The molecule has 0 N–H and O–H groups in total. The smallest absolute Gasteiger partial charge is 0.433 e. The van der Waals surface area contributed by atoms with Crippen molar-refractivity contribution in [2.75, 3.05) is 7.11 Å². The molecule has 82 valence electrons. The first-order valence-electron chi connectivity index (χ1n) is 3.98. The molecule has 1 aromatic rings. The van der Waals surface area contributed by atoms with E-state index in [-0.39, 0.29) is 11.3 Å². The normalized spacial score (nSPS) is 11.3. The molecule has 0 aliphatic carbocycles. The predicted octanol–water partition coefficient (Wildman–Crippen LogP) is 2.31. The van der Waals surface area contributed by atoms with E-state index in [1.807, 2.05) is 0 Å². The van der Waals surface area contributed by atoms with E-state index in [4.69, 9.17) is 4.74 Å². The van der Waals surface area contributed by atoms with Gasteiger partial charge in [-0.25, -0.2) is 4.98 Å².